The molecule has 0 N–H and O–H groups in total. The SMILES string of the molecule is CCCCCCCCCC[P+](CCCCCC[P+](CCCCCCCCC)(c1ccccc1)c1ccccc1)(c1ccccc1)c1ccccc1. The normalized spacial score (nSPS) is 12.0. The van der Waals surface area contributed by atoms with E-state index in [1.807, 2.05) is 0 Å². The largest absolute Gasteiger partial charge is 0.0991 e. The van der Waals surface area contributed by atoms with Gasteiger partial charge >= 0.3 is 0 Å². The molecule has 4 aromatic rings. The number of hydrogen-bond acceptors (Lipinski definition) is 0. The van der Waals surface area contributed by atoms with Crippen LogP contribution >= 0.6 is 14.5 Å². The lowest BCUT2D eigenvalue weighted by molar-refractivity contribution is 0.586. The Morgan fingerprint density at radius 3 is 0.667 bits per heavy atom. The lowest BCUT2D eigenvalue weighted by Gasteiger charge is -2.29. The second-order valence-corrected chi connectivity index (χ2v) is 22.9. The number of benzene rings is 4. The molecule has 2 heteroatoms. The molecule has 0 aliphatic heterocycles. The Bertz CT molecular complexity index is 1310. The van der Waals surface area contributed by atoms with Crippen molar-refractivity contribution in [2.24, 2.45) is 0 Å². The first kappa shape index (κ1) is 41.5. The van der Waals surface area contributed by atoms with E-state index in [1.165, 1.54) is 147 Å². The van der Waals surface area contributed by atoms with Gasteiger partial charge in [0.1, 0.15) is 0 Å². The Kier molecular flexibility index (Phi) is 20.2. The molecule has 4 rings (SSSR count). The fraction of sp³-hybridized carbons (Fsp3) is 0.510. The maximum atomic E-state index is 2.47. The average Bonchev–Trinajstić information content (AvgIpc) is 3.19. The van der Waals surface area contributed by atoms with Crippen molar-refractivity contribution in [2.45, 2.75) is 136 Å². The van der Waals surface area contributed by atoms with Crippen LogP contribution < -0.4 is 21.2 Å². The van der Waals surface area contributed by atoms with Crippen molar-refractivity contribution in [3.63, 3.8) is 0 Å². The van der Waals surface area contributed by atoms with Crippen LogP contribution in [0.3, 0.4) is 0 Å². The smallest absolute Gasteiger partial charge is 0.0654 e. The summed E-state index contributed by atoms with van der Waals surface area (Å²) in [6.45, 7) is 4.64. The minimum absolute atomic E-state index is 1.33. The third-order valence-electron chi connectivity index (χ3n) is 11.4. The summed E-state index contributed by atoms with van der Waals surface area (Å²) >= 11 is 0. The average molecular weight is 723 g/mol. The van der Waals surface area contributed by atoms with Crippen LogP contribution in [0.1, 0.15) is 136 Å². The Balaban J connectivity index is 1.42. The van der Waals surface area contributed by atoms with Gasteiger partial charge in [-0.05, 0) is 99.9 Å². The Morgan fingerprint density at radius 2 is 0.451 bits per heavy atom. The summed E-state index contributed by atoms with van der Waals surface area (Å²) < 4.78 is 0. The molecule has 0 aliphatic carbocycles. The number of rotatable bonds is 28. The Morgan fingerprint density at radius 1 is 0.255 bits per heavy atom. The maximum Gasteiger partial charge on any atom is 0.0991 e. The molecule has 51 heavy (non-hydrogen) atoms. The highest BCUT2D eigenvalue weighted by molar-refractivity contribution is 7.90. The molecule has 4 aromatic carbocycles. The van der Waals surface area contributed by atoms with Gasteiger partial charge in [-0.3, -0.25) is 0 Å². The van der Waals surface area contributed by atoms with Crippen molar-refractivity contribution in [3.05, 3.63) is 121 Å². The third kappa shape index (κ3) is 13.6. The maximum absolute atomic E-state index is 2.47. The van der Waals surface area contributed by atoms with Gasteiger partial charge in [0.25, 0.3) is 0 Å². The van der Waals surface area contributed by atoms with Crippen molar-refractivity contribution in [2.75, 3.05) is 24.6 Å². The molecule has 0 aromatic heterocycles. The van der Waals surface area contributed by atoms with E-state index in [1.54, 1.807) is 21.2 Å². The van der Waals surface area contributed by atoms with Crippen LogP contribution in [0.5, 0.6) is 0 Å². The van der Waals surface area contributed by atoms with Gasteiger partial charge < -0.3 is 0 Å². The monoisotopic (exact) mass is 723 g/mol. The van der Waals surface area contributed by atoms with Crippen molar-refractivity contribution < 1.29 is 0 Å². The summed E-state index contributed by atoms with van der Waals surface area (Å²) in [6, 6.07) is 46.9. The highest BCUT2D eigenvalue weighted by Gasteiger charge is 2.43. The molecule has 0 amide bonds. The van der Waals surface area contributed by atoms with Crippen LogP contribution in [0.25, 0.3) is 0 Å². The zero-order valence-electron chi connectivity index (χ0n) is 32.7. The highest BCUT2D eigenvalue weighted by Crippen LogP contribution is 2.59. The molecule has 0 unspecified atom stereocenters. The van der Waals surface area contributed by atoms with Gasteiger partial charge in [0.15, 0.2) is 0 Å². The molecule has 0 bridgehead atoms. The van der Waals surface area contributed by atoms with Gasteiger partial charge in [-0.25, -0.2) is 0 Å². The zero-order valence-corrected chi connectivity index (χ0v) is 34.5. The minimum Gasteiger partial charge on any atom is -0.0654 e. The van der Waals surface area contributed by atoms with E-state index in [9.17, 15) is 0 Å². The molecular weight excluding hydrogens is 650 g/mol. The van der Waals surface area contributed by atoms with Crippen LogP contribution in [-0.4, -0.2) is 24.6 Å². The van der Waals surface area contributed by atoms with Gasteiger partial charge in [-0.1, -0.05) is 157 Å². The molecule has 0 spiro atoms. The fourth-order valence-electron chi connectivity index (χ4n) is 8.38. The van der Waals surface area contributed by atoms with Gasteiger partial charge in [0, 0.05) is 0 Å². The first-order valence-electron chi connectivity index (χ1n) is 21.2. The molecule has 276 valence electrons. The predicted molar refractivity (Wildman–Crippen MR) is 237 cm³/mol. The summed E-state index contributed by atoms with van der Waals surface area (Å²) in [4.78, 5) is 0. The summed E-state index contributed by atoms with van der Waals surface area (Å²) in [7, 11) is -2.93. The zero-order chi connectivity index (χ0) is 35.7. The third-order valence-corrected chi connectivity index (χ3v) is 20.8. The molecule has 0 fully saturated rings. The second kappa shape index (κ2) is 24.9. The van der Waals surface area contributed by atoms with Crippen molar-refractivity contribution >= 4 is 35.7 Å². The standard InChI is InChI=1S/C49H72P2/c1-3-5-7-9-11-13-15-31-43-51(48-38-26-20-27-39-48,49-40-28-21-29-41-49)45-33-17-16-32-44-50(46-34-22-18-23-35-46,47-36-24-19-25-37-47)42-30-14-12-10-8-6-4-2/h18-29,34-41H,3-17,30-33,42-45H2,1-2H3/q+2. The van der Waals surface area contributed by atoms with Gasteiger partial charge in [0.05, 0.1) is 60.4 Å². The molecular formula is C49H72P2+2. The highest BCUT2D eigenvalue weighted by atomic mass is 31.2. The van der Waals surface area contributed by atoms with Crippen molar-refractivity contribution in [1.82, 2.24) is 0 Å². The van der Waals surface area contributed by atoms with Crippen molar-refractivity contribution in [1.29, 1.82) is 0 Å². The Hall–Kier alpha value is -2.26. The van der Waals surface area contributed by atoms with E-state index in [2.05, 4.69) is 135 Å². The van der Waals surface area contributed by atoms with Crippen molar-refractivity contribution in [3.8, 4) is 0 Å². The van der Waals surface area contributed by atoms with E-state index in [0.29, 0.717) is 0 Å². The number of hydrogen-bond donors (Lipinski definition) is 0. The number of unbranched alkanes of at least 4 members (excludes halogenated alkanes) is 16. The lowest BCUT2D eigenvalue weighted by atomic mass is 10.1. The summed E-state index contributed by atoms with van der Waals surface area (Å²) in [6.07, 6.45) is 31.6. The quantitative estimate of drug-likeness (QED) is 0.0404. The summed E-state index contributed by atoms with van der Waals surface area (Å²) in [5.74, 6) is 0. The Labute approximate surface area is 316 Å². The molecule has 0 saturated carbocycles. The van der Waals surface area contributed by atoms with E-state index in [-0.39, 0.29) is 0 Å². The fourth-order valence-corrected chi connectivity index (χ4v) is 17.5. The summed E-state index contributed by atoms with van der Waals surface area (Å²) in [5.41, 5.74) is 0. The van der Waals surface area contributed by atoms with E-state index in [0.717, 1.165) is 0 Å². The topological polar surface area (TPSA) is 0 Å². The first-order valence-corrected chi connectivity index (χ1v) is 25.5. The van der Waals surface area contributed by atoms with Crippen LogP contribution in [-0.2, 0) is 0 Å². The molecule has 0 saturated heterocycles. The molecule has 0 radical (unpaired) electrons. The first-order chi connectivity index (χ1) is 25.2. The van der Waals surface area contributed by atoms with Crippen LogP contribution in [0.15, 0.2) is 121 Å². The molecule has 0 heterocycles. The molecule has 0 nitrogen and oxygen atoms in total. The second-order valence-electron chi connectivity index (χ2n) is 15.2. The molecule has 0 atom stereocenters. The summed E-state index contributed by atoms with van der Waals surface area (Å²) in [5, 5.41) is 6.52. The van der Waals surface area contributed by atoms with Crippen LogP contribution in [0.2, 0.25) is 0 Å². The minimum atomic E-state index is -1.47. The van der Waals surface area contributed by atoms with Gasteiger partial charge in [0.2, 0.25) is 0 Å². The molecule has 0 aliphatic rings. The lowest BCUT2D eigenvalue weighted by Crippen LogP contribution is -2.28. The van der Waals surface area contributed by atoms with Gasteiger partial charge in [-0.2, -0.15) is 0 Å². The van der Waals surface area contributed by atoms with E-state index >= 15 is 0 Å². The predicted octanol–water partition coefficient (Wildman–Crippen LogP) is 13.8. The van der Waals surface area contributed by atoms with E-state index in [4.69, 9.17) is 0 Å². The van der Waals surface area contributed by atoms with E-state index < -0.39 is 14.5 Å². The van der Waals surface area contributed by atoms with Crippen LogP contribution in [0.4, 0.5) is 0 Å². The van der Waals surface area contributed by atoms with Gasteiger partial charge in [-0.15, -0.1) is 0 Å². The van der Waals surface area contributed by atoms with Crippen LogP contribution in [0, 0.1) is 0 Å².